The number of hydrogen-bond donors (Lipinski definition) is 1. The summed E-state index contributed by atoms with van der Waals surface area (Å²) in [4.78, 5) is 15.4. The third kappa shape index (κ3) is 2.92. The number of carbonyl (C=O) groups excluding carboxylic acids is 1. The van der Waals surface area contributed by atoms with Gasteiger partial charge in [0, 0.05) is 26.2 Å². The molecule has 1 heterocycles. The molecule has 14 heavy (non-hydrogen) atoms. The Morgan fingerprint density at radius 1 is 1.36 bits per heavy atom. The predicted molar refractivity (Wildman–Crippen MR) is 60.1 cm³/mol. The smallest absolute Gasteiger partial charge is 0.276 e. The molecule has 1 aliphatic rings. The predicted octanol–water partition coefficient (Wildman–Crippen LogP) is -0.173. The molecule has 0 bridgehead atoms. The first-order chi connectivity index (χ1) is 6.65. The van der Waals surface area contributed by atoms with Crippen molar-refractivity contribution >= 4 is 23.1 Å². The zero-order valence-corrected chi connectivity index (χ0v) is 9.35. The van der Waals surface area contributed by atoms with Crippen LogP contribution in [0, 0.1) is 0 Å². The third-order valence-electron chi connectivity index (χ3n) is 2.41. The third-order valence-corrected chi connectivity index (χ3v) is 2.87. The molecule has 0 aromatic rings. The van der Waals surface area contributed by atoms with Crippen LogP contribution in [0.1, 0.15) is 13.3 Å². The number of rotatable bonds is 2. The van der Waals surface area contributed by atoms with Crippen molar-refractivity contribution < 1.29 is 4.79 Å². The number of carbonyl (C=O) groups is 1. The molecule has 0 radical (unpaired) electrons. The molecule has 1 rings (SSSR count). The zero-order valence-electron chi connectivity index (χ0n) is 8.53. The molecule has 1 amide bonds. The summed E-state index contributed by atoms with van der Waals surface area (Å²) in [7, 11) is 0. The second-order valence-electron chi connectivity index (χ2n) is 3.50. The van der Waals surface area contributed by atoms with Crippen LogP contribution in [0.5, 0.6) is 0 Å². The molecule has 0 aromatic carbocycles. The van der Waals surface area contributed by atoms with E-state index in [1.807, 2.05) is 4.90 Å². The lowest BCUT2D eigenvalue weighted by atomic mass is 10.3. The molecule has 80 valence electrons. The van der Waals surface area contributed by atoms with E-state index in [9.17, 15) is 4.79 Å². The Balaban J connectivity index is 2.35. The van der Waals surface area contributed by atoms with E-state index < -0.39 is 5.91 Å². The molecular weight excluding hydrogens is 198 g/mol. The first-order valence-electron chi connectivity index (χ1n) is 4.96. The van der Waals surface area contributed by atoms with E-state index in [0.29, 0.717) is 0 Å². The Morgan fingerprint density at radius 3 is 2.36 bits per heavy atom. The highest BCUT2D eigenvalue weighted by atomic mass is 32.1. The van der Waals surface area contributed by atoms with Crippen molar-refractivity contribution in [3.63, 3.8) is 0 Å². The van der Waals surface area contributed by atoms with E-state index in [1.165, 1.54) is 6.42 Å². The van der Waals surface area contributed by atoms with Crippen molar-refractivity contribution in [3.8, 4) is 0 Å². The lowest BCUT2D eigenvalue weighted by molar-refractivity contribution is -0.112. The second-order valence-corrected chi connectivity index (χ2v) is 3.88. The van der Waals surface area contributed by atoms with Crippen LogP contribution in [0.15, 0.2) is 0 Å². The van der Waals surface area contributed by atoms with E-state index in [2.05, 4.69) is 11.8 Å². The number of thiocarbonyl (C=S) groups is 1. The first kappa shape index (κ1) is 11.4. The van der Waals surface area contributed by atoms with Gasteiger partial charge in [0.25, 0.3) is 5.91 Å². The monoisotopic (exact) mass is 215 g/mol. The quantitative estimate of drug-likeness (QED) is 0.650. The van der Waals surface area contributed by atoms with Crippen LogP contribution in [0.4, 0.5) is 0 Å². The maximum atomic E-state index is 10.8. The molecule has 5 heteroatoms. The van der Waals surface area contributed by atoms with Gasteiger partial charge in [-0.3, -0.25) is 9.69 Å². The summed E-state index contributed by atoms with van der Waals surface area (Å²) in [5.41, 5.74) is 5.12. The summed E-state index contributed by atoms with van der Waals surface area (Å²) in [6.45, 7) is 6.88. The van der Waals surface area contributed by atoms with Gasteiger partial charge in [-0.2, -0.15) is 0 Å². The number of primary amides is 1. The van der Waals surface area contributed by atoms with E-state index in [0.717, 1.165) is 32.7 Å². The Morgan fingerprint density at radius 2 is 1.93 bits per heavy atom. The minimum atomic E-state index is -0.482. The van der Waals surface area contributed by atoms with Crippen molar-refractivity contribution in [3.05, 3.63) is 0 Å². The van der Waals surface area contributed by atoms with Crippen LogP contribution in [0.3, 0.4) is 0 Å². The van der Waals surface area contributed by atoms with Crippen LogP contribution in [0.2, 0.25) is 0 Å². The Bertz CT molecular complexity index is 224. The molecule has 1 fully saturated rings. The van der Waals surface area contributed by atoms with Gasteiger partial charge in [0.2, 0.25) is 0 Å². The Kier molecular flexibility index (Phi) is 4.28. The van der Waals surface area contributed by atoms with Crippen molar-refractivity contribution in [2.24, 2.45) is 5.73 Å². The molecule has 1 aliphatic heterocycles. The average Bonchev–Trinajstić information content (AvgIpc) is 2.18. The lowest BCUT2D eigenvalue weighted by Crippen LogP contribution is -2.51. The number of nitrogens with zero attached hydrogens (tertiary/aromatic N) is 2. The van der Waals surface area contributed by atoms with Gasteiger partial charge in [-0.05, 0) is 13.0 Å². The van der Waals surface area contributed by atoms with Gasteiger partial charge in [0.05, 0.1) is 0 Å². The molecule has 0 aliphatic carbocycles. The van der Waals surface area contributed by atoms with Crippen molar-refractivity contribution in [2.75, 3.05) is 32.7 Å². The molecule has 0 unspecified atom stereocenters. The topological polar surface area (TPSA) is 49.6 Å². The van der Waals surface area contributed by atoms with Gasteiger partial charge in [-0.15, -0.1) is 0 Å². The number of nitrogens with two attached hydrogens (primary N) is 1. The van der Waals surface area contributed by atoms with E-state index in [-0.39, 0.29) is 4.99 Å². The molecule has 4 nitrogen and oxygen atoms in total. The summed E-state index contributed by atoms with van der Waals surface area (Å²) in [6, 6.07) is 0. The normalized spacial score (nSPS) is 18.2. The van der Waals surface area contributed by atoms with E-state index >= 15 is 0 Å². The SMILES string of the molecule is CCCN1CCN(C(=S)C(N)=O)CC1. The van der Waals surface area contributed by atoms with Crippen LogP contribution in [-0.4, -0.2) is 53.4 Å². The fraction of sp³-hybridized carbons (Fsp3) is 0.778. The van der Waals surface area contributed by atoms with Gasteiger partial charge in [-0.25, -0.2) is 0 Å². The molecule has 1 saturated heterocycles. The van der Waals surface area contributed by atoms with Crippen LogP contribution in [-0.2, 0) is 4.79 Å². The van der Waals surface area contributed by atoms with Gasteiger partial charge < -0.3 is 10.6 Å². The highest BCUT2D eigenvalue weighted by Crippen LogP contribution is 2.03. The second kappa shape index (κ2) is 5.26. The molecule has 0 spiro atoms. The molecular formula is C9H17N3OS. The van der Waals surface area contributed by atoms with Gasteiger partial charge in [0.15, 0.2) is 4.99 Å². The maximum Gasteiger partial charge on any atom is 0.276 e. The maximum absolute atomic E-state index is 10.8. The zero-order chi connectivity index (χ0) is 10.6. The Hall–Kier alpha value is -0.680. The summed E-state index contributed by atoms with van der Waals surface area (Å²) in [5.74, 6) is -0.482. The highest BCUT2D eigenvalue weighted by molar-refractivity contribution is 7.81. The number of piperazine rings is 1. The summed E-state index contributed by atoms with van der Waals surface area (Å²) in [5, 5.41) is 0. The van der Waals surface area contributed by atoms with Gasteiger partial charge in [0.1, 0.15) is 0 Å². The lowest BCUT2D eigenvalue weighted by Gasteiger charge is -2.35. The van der Waals surface area contributed by atoms with Crippen molar-refractivity contribution in [2.45, 2.75) is 13.3 Å². The van der Waals surface area contributed by atoms with Gasteiger partial charge in [-0.1, -0.05) is 19.1 Å². The number of amides is 1. The Labute approximate surface area is 90.0 Å². The summed E-state index contributed by atoms with van der Waals surface area (Å²) >= 11 is 4.93. The fourth-order valence-electron chi connectivity index (χ4n) is 1.65. The van der Waals surface area contributed by atoms with Crippen LogP contribution in [0.25, 0.3) is 0 Å². The molecule has 0 atom stereocenters. The molecule has 0 saturated carbocycles. The largest absolute Gasteiger partial charge is 0.364 e. The fourth-order valence-corrected chi connectivity index (χ4v) is 1.83. The average molecular weight is 215 g/mol. The molecule has 2 N–H and O–H groups in total. The minimum Gasteiger partial charge on any atom is -0.364 e. The van der Waals surface area contributed by atoms with Crippen LogP contribution < -0.4 is 5.73 Å². The summed E-state index contributed by atoms with van der Waals surface area (Å²) < 4.78 is 0. The number of hydrogen-bond acceptors (Lipinski definition) is 3. The van der Waals surface area contributed by atoms with E-state index in [1.54, 1.807) is 0 Å². The standard InChI is InChI=1S/C9H17N3OS/c1-2-3-11-4-6-12(7-5-11)9(14)8(10)13/h2-7H2,1H3,(H2,10,13). The van der Waals surface area contributed by atoms with Gasteiger partial charge >= 0.3 is 0 Å². The van der Waals surface area contributed by atoms with Crippen LogP contribution >= 0.6 is 12.2 Å². The van der Waals surface area contributed by atoms with Crippen molar-refractivity contribution in [1.29, 1.82) is 0 Å². The minimum absolute atomic E-state index is 0.279. The first-order valence-corrected chi connectivity index (χ1v) is 5.37. The summed E-state index contributed by atoms with van der Waals surface area (Å²) in [6.07, 6.45) is 1.17. The van der Waals surface area contributed by atoms with Crippen molar-refractivity contribution in [1.82, 2.24) is 9.80 Å². The molecule has 0 aromatic heterocycles. The highest BCUT2D eigenvalue weighted by Gasteiger charge is 2.20. The van der Waals surface area contributed by atoms with E-state index in [4.69, 9.17) is 18.0 Å².